The van der Waals surface area contributed by atoms with Gasteiger partial charge in [-0.3, -0.25) is 4.79 Å². The predicted octanol–water partition coefficient (Wildman–Crippen LogP) is 2.02. The minimum Gasteiger partial charge on any atom is -0.495 e. The summed E-state index contributed by atoms with van der Waals surface area (Å²) in [5.74, 6) is 0.549. The molecule has 0 fully saturated rings. The highest BCUT2D eigenvalue weighted by atomic mass is 79.9. The Bertz CT molecular complexity index is 359. The Morgan fingerprint density at radius 1 is 1.75 bits per heavy atom. The summed E-state index contributed by atoms with van der Waals surface area (Å²) in [7, 11) is 1.57. The van der Waals surface area contributed by atoms with Crippen molar-refractivity contribution in [1.29, 1.82) is 0 Å². The summed E-state index contributed by atoms with van der Waals surface area (Å²) in [5.41, 5.74) is 5.41. The summed E-state index contributed by atoms with van der Waals surface area (Å²) in [5, 5.41) is 2.78. The molecule has 1 atom stereocenters. The van der Waals surface area contributed by atoms with Crippen molar-refractivity contribution in [2.75, 3.05) is 13.7 Å². The van der Waals surface area contributed by atoms with E-state index < -0.39 is 0 Å². The van der Waals surface area contributed by atoms with Crippen LogP contribution >= 0.6 is 39.7 Å². The lowest BCUT2D eigenvalue weighted by Gasteiger charge is -2.09. The molecule has 1 amide bonds. The molecule has 0 aliphatic heterocycles. The van der Waals surface area contributed by atoms with E-state index in [9.17, 15) is 4.79 Å². The van der Waals surface area contributed by atoms with Crippen molar-refractivity contribution in [2.45, 2.75) is 13.0 Å². The maximum Gasteiger partial charge on any atom is 0.261 e. The number of nitrogens with one attached hydrogen (secondary N) is 1. The SMILES string of the molecule is COc1cc(C(=O)N[C@H](C)CN)sc1Br.Cl. The van der Waals surface area contributed by atoms with Gasteiger partial charge in [-0.05, 0) is 22.9 Å². The van der Waals surface area contributed by atoms with Crippen molar-refractivity contribution in [2.24, 2.45) is 5.73 Å². The van der Waals surface area contributed by atoms with Gasteiger partial charge in [0.15, 0.2) is 0 Å². The van der Waals surface area contributed by atoms with Crippen molar-refractivity contribution in [1.82, 2.24) is 5.32 Å². The fraction of sp³-hybridized carbons (Fsp3) is 0.444. The van der Waals surface area contributed by atoms with Gasteiger partial charge in [0.1, 0.15) is 9.54 Å². The number of ether oxygens (including phenoxy) is 1. The first-order valence-corrected chi connectivity index (χ1v) is 6.03. The van der Waals surface area contributed by atoms with Crippen LogP contribution in [0, 0.1) is 0 Å². The Balaban J connectivity index is 0.00000225. The van der Waals surface area contributed by atoms with Crippen LogP contribution in [0.3, 0.4) is 0 Å². The van der Waals surface area contributed by atoms with Crippen LogP contribution in [-0.4, -0.2) is 25.6 Å². The molecule has 92 valence electrons. The minimum absolute atomic E-state index is 0. The standard InChI is InChI=1S/C9H13BrN2O2S.ClH/c1-5(4-11)12-9(13)7-3-6(14-2)8(10)15-7;/h3,5H,4,11H2,1-2H3,(H,12,13);1H/t5-;/m1./s1. The lowest BCUT2D eigenvalue weighted by Crippen LogP contribution is -2.37. The van der Waals surface area contributed by atoms with Gasteiger partial charge in [0.25, 0.3) is 5.91 Å². The Morgan fingerprint density at radius 3 is 2.81 bits per heavy atom. The zero-order chi connectivity index (χ0) is 11.4. The Kier molecular flexibility index (Phi) is 6.98. The summed E-state index contributed by atoms with van der Waals surface area (Å²) in [6.45, 7) is 2.28. The largest absolute Gasteiger partial charge is 0.495 e. The lowest BCUT2D eigenvalue weighted by atomic mass is 10.3. The highest BCUT2D eigenvalue weighted by molar-refractivity contribution is 9.11. The number of nitrogens with two attached hydrogens (primary N) is 1. The first-order valence-electron chi connectivity index (χ1n) is 4.42. The van der Waals surface area contributed by atoms with Crippen LogP contribution in [-0.2, 0) is 0 Å². The molecule has 0 aliphatic rings. The molecule has 1 heterocycles. The third-order valence-electron chi connectivity index (χ3n) is 1.83. The Labute approximate surface area is 113 Å². The number of hydrogen-bond acceptors (Lipinski definition) is 4. The highest BCUT2D eigenvalue weighted by Gasteiger charge is 2.14. The molecule has 1 aromatic rings. The monoisotopic (exact) mass is 328 g/mol. The van der Waals surface area contributed by atoms with Crippen molar-refractivity contribution >= 4 is 45.6 Å². The van der Waals surface area contributed by atoms with Crippen LogP contribution in [0.4, 0.5) is 0 Å². The van der Waals surface area contributed by atoms with Crippen LogP contribution in [0.25, 0.3) is 0 Å². The summed E-state index contributed by atoms with van der Waals surface area (Å²) < 4.78 is 5.88. The molecular weight excluding hydrogens is 316 g/mol. The van der Waals surface area contributed by atoms with Gasteiger partial charge in [-0.2, -0.15) is 0 Å². The molecule has 3 N–H and O–H groups in total. The first-order chi connectivity index (χ1) is 7.08. The first kappa shape index (κ1) is 15.7. The topological polar surface area (TPSA) is 64.3 Å². The molecule has 16 heavy (non-hydrogen) atoms. The molecule has 0 saturated heterocycles. The summed E-state index contributed by atoms with van der Waals surface area (Å²) in [6, 6.07) is 1.68. The van der Waals surface area contributed by atoms with E-state index in [0.717, 1.165) is 3.79 Å². The molecule has 7 heteroatoms. The zero-order valence-electron chi connectivity index (χ0n) is 8.95. The van der Waals surface area contributed by atoms with Crippen LogP contribution < -0.4 is 15.8 Å². The van der Waals surface area contributed by atoms with E-state index >= 15 is 0 Å². The molecule has 0 radical (unpaired) electrons. The number of carbonyl (C=O) groups is 1. The number of methoxy groups -OCH3 is 1. The molecule has 0 aromatic carbocycles. The second-order valence-corrected chi connectivity index (χ2v) is 5.43. The third kappa shape index (κ3) is 3.93. The van der Waals surface area contributed by atoms with E-state index in [4.69, 9.17) is 10.5 Å². The van der Waals surface area contributed by atoms with Gasteiger partial charge >= 0.3 is 0 Å². The van der Waals surface area contributed by atoms with Gasteiger partial charge in [-0.15, -0.1) is 23.7 Å². The van der Waals surface area contributed by atoms with E-state index in [1.54, 1.807) is 13.2 Å². The highest BCUT2D eigenvalue weighted by Crippen LogP contribution is 2.34. The van der Waals surface area contributed by atoms with E-state index in [-0.39, 0.29) is 24.4 Å². The molecule has 0 spiro atoms. The van der Waals surface area contributed by atoms with Gasteiger partial charge in [0, 0.05) is 18.7 Å². The van der Waals surface area contributed by atoms with Gasteiger partial charge in [-0.1, -0.05) is 0 Å². The van der Waals surface area contributed by atoms with Crippen molar-refractivity contribution < 1.29 is 9.53 Å². The fourth-order valence-corrected chi connectivity index (χ4v) is 2.51. The normalized spacial score (nSPS) is 11.5. The molecular formula is C9H14BrClN2O2S. The number of thiophene rings is 1. The predicted molar refractivity (Wildman–Crippen MR) is 71.8 cm³/mol. The van der Waals surface area contributed by atoms with Crippen LogP contribution in [0.15, 0.2) is 9.85 Å². The Hall–Kier alpha value is -0.300. The second-order valence-electron chi connectivity index (χ2n) is 3.06. The summed E-state index contributed by atoms with van der Waals surface area (Å²) >= 11 is 4.66. The van der Waals surface area contributed by atoms with E-state index in [1.165, 1.54) is 11.3 Å². The van der Waals surface area contributed by atoms with Gasteiger partial charge in [0.05, 0.1) is 12.0 Å². The maximum absolute atomic E-state index is 11.7. The second kappa shape index (κ2) is 7.11. The van der Waals surface area contributed by atoms with Crippen molar-refractivity contribution in [3.8, 4) is 5.75 Å². The summed E-state index contributed by atoms with van der Waals surface area (Å²) in [4.78, 5) is 12.3. The average molecular weight is 330 g/mol. The number of halogens is 2. The van der Waals surface area contributed by atoms with Gasteiger partial charge < -0.3 is 15.8 Å². The Morgan fingerprint density at radius 2 is 2.38 bits per heavy atom. The molecule has 0 unspecified atom stereocenters. The molecule has 0 bridgehead atoms. The number of amides is 1. The van der Waals surface area contributed by atoms with E-state index in [0.29, 0.717) is 17.2 Å². The lowest BCUT2D eigenvalue weighted by molar-refractivity contribution is 0.0945. The zero-order valence-corrected chi connectivity index (χ0v) is 12.2. The smallest absolute Gasteiger partial charge is 0.261 e. The maximum atomic E-state index is 11.7. The van der Waals surface area contributed by atoms with E-state index in [2.05, 4.69) is 21.2 Å². The molecule has 0 aliphatic carbocycles. The number of rotatable bonds is 4. The average Bonchev–Trinajstić information content (AvgIpc) is 2.59. The minimum atomic E-state index is -0.123. The summed E-state index contributed by atoms with van der Waals surface area (Å²) in [6.07, 6.45) is 0. The molecule has 0 saturated carbocycles. The van der Waals surface area contributed by atoms with Crippen molar-refractivity contribution in [3.05, 3.63) is 14.7 Å². The van der Waals surface area contributed by atoms with Crippen LogP contribution in [0.5, 0.6) is 5.75 Å². The van der Waals surface area contributed by atoms with Crippen LogP contribution in [0.1, 0.15) is 16.6 Å². The van der Waals surface area contributed by atoms with Gasteiger partial charge in [0.2, 0.25) is 0 Å². The third-order valence-corrected chi connectivity index (χ3v) is 3.61. The van der Waals surface area contributed by atoms with E-state index in [1.807, 2.05) is 6.92 Å². The van der Waals surface area contributed by atoms with Crippen molar-refractivity contribution in [3.63, 3.8) is 0 Å². The molecule has 4 nitrogen and oxygen atoms in total. The number of hydrogen-bond donors (Lipinski definition) is 2. The quantitative estimate of drug-likeness (QED) is 0.888. The fourth-order valence-electron chi connectivity index (χ4n) is 0.957. The molecule has 1 aromatic heterocycles. The van der Waals surface area contributed by atoms with Gasteiger partial charge in [-0.25, -0.2) is 0 Å². The molecule has 1 rings (SSSR count). The van der Waals surface area contributed by atoms with Crippen LogP contribution in [0.2, 0.25) is 0 Å². The number of carbonyl (C=O) groups excluding carboxylic acids is 1.